The average Bonchev–Trinajstić information content (AvgIpc) is 3.19. The van der Waals surface area contributed by atoms with Crippen LogP contribution < -0.4 is 5.32 Å². The number of aliphatic hydroxyl groups excluding tert-OH is 1. The molecule has 4 rings (SSSR count). The number of aryl methyl sites for hydroxylation is 1. The molecule has 0 fully saturated rings. The van der Waals surface area contributed by atoms with Gasteiger partial charge in [0.2, 0.25) is 0 Å². The summed E-state index contributed by atoms with van der Waals surface area (Å²) in [6, 6.07) is 18.7. The minimum Gasteiger partial charge on any atom is -0.396 e. The van der Waals surface area contributed by atoms with E-state index in [4.69, 9.17) is 21.7 Å². The van der Waals surface area contributed by atoms with Gasteiger partial charge in [-0.3, -0.25) is 4.98 Å². The Morgan fingerprint density at radius 2 is 1.93 bits per heavy atom. The van der Waals surface area contributed by atoms with Crippen LogP contribution in [0.15, 0.2) is 54.6 Å². The molecule has 2 aromatic carbocycles. The monoisotopic (exact) mass is 406 g/mol. The molecule has 1 aliphatic carbocycles. The molecule has 1 aliphatic rings. The summed E-state index contributed by atoms with van der Waals surface area (Å²) in [7, 11) is 0. The van der Waals surface area contributed by atoms with E-state index in [1.165, 1.54) is 16.8 Å². The van der Waals surface area contributed by atoms with E-state index in [1.54, 1.807) is 0 Å². The van der Waals surface area contributed by atoms with Crippen LogP contribution in [-0.4, -0.2) is 16.7 Å². The van der Waals surface area contributed by atoms with Crippen LogP contribution in [0.5, 0.6) is 0 Å². The number of anilines is 2. The molecule has 150 valence electrons. The first-order chi connectivity index (χ1) is 14.1. The fourth-order valence-corrected chi connectivity index (χ4v) is 4.24. The molecular weight excluding hydrogens is 380 g/mol. The summed E-state index contributed by atoms with van der Waals surface area (Å²) in [6.45, 7) is 2.43. The van der Waals surface area contributed by atoms with E-state index in [1.807, 2.05) is 18.2 Å². The predicted octanol–water partition coefficient (Wildman–Crippen LogP) is 6.20. The predicted molar refractivity (Wildman–Crippen MR) is 121 cm³/mol. The van der Waals surface area contributed by atoms with Gasteiger partial charge in [-0.25, -0.2) is 0 Å². The smallest absolute Gasteiger partial charge is 0.0726 e. The molecule has 0 saturated carbocycles. The van der Waals surface area contributed by atoms with Crippen molar-refractivity contribution in [3.8, 4) is 11.3 Å². The number of rotatable bonds is 7. The summed E-state index contributed by atoms with van der Waals surface area (Å²) in [5.74, 6) is 0.488. The molecular formula is C25H27ClN2O. The summed E-state index contributed by atoms with van der Waals surface area (Å²) >= 11 is 6.19. The van der Waals surface area contributed by atoms with Gasteiger partial charge in [-0.15, -0.1) is 0 Å². The maximum atomic E-state index is 9.10. The van der Waals surface area contributed by atoms with Crippen LogP contribution in [0, 0.1) is 5.92 Å². The third kappa shape index (κ3) is 4.80. The fourth-order valence-electron chi connectivity index (χ4n) is 4.05. The molecule has 3 nitrogen and oxygen atoms in total. The molecule has 1 unspecified atom stereocenters. The Hall–Kier alpha value is -2.36. The van der Waals surface area contributed by atoms with E-state index in [0.717, 1.165) is 59.8 Å². The second-order valence-electron chi connectivity index (χ2n) is 7.99. The van der Waals surface area contributed by atoms with Gasteiger partial charge in [-0.05, 0) is 79.5 Å². The summed E-state index contributed by atoms with van der Waals surface area (Å²) in [5, 5.41) is 13.4. The molecule has 2 N–H and O–H groups in total. The van der Waals surface area contributed by atoms with E-state index >= 15 is 0 Å². The molecule has 0 aliphatic heterocycles. The van der Waals surface area contributed by atoms with Crippen LogP contribution in [0.4, 0.5) is 11.4 Å². The van der Waals surface area contributed by atoms with E-state index in [2.05, 4.69) is 48.6 Å². The topological polar surface area (TPSA) is 45.1 Å². The Morgan fingerprint density at radius 3 is 2.69 bits per heavy atom. The summed E-state index contributed by atoms with van der Waals surface area (Å²) in [5.41, 5.74) is 8.06. The number of nitrogens with zero attached hydrogens (tertiary/aromatic N) is 1. The van der Waals surface area contributed by atoms with Crippen molar-refractivity contribution in [2.24, 2.45) is 5.92 Å². The first-order valence-electron chi connectivity index (χ1n) is 10.4. The number of benzene rings is 2. The fraction of sp³-hybridized carbons (Fsp3) is 0.320. The number of aliphatic hydroxyl groups is 1. The number of aromatic nitrogens is 1. The molecule has 0 radical (unpaired) electrons. The van der Waals surface area contributed by atoms with Crippen molar-refractivity contribution in [1.82, 2.24) is 4.98 Å². The van der Waals surface area contributed by atoms with Crippen LogP contribution in [0.25, 0.3) is 11.3 Å². The summed E-state index contributed by atoms with van der Waals surface area (Å²) in [4.78, 5) is 4.91. The molecule has 29 heavy (non-hydrogen) atoms. The van der Waals surface area contributed by atoms with Crippen molar-refractivity contribution in [3.63, 3.8) is 0 Å². The molecule has 3 aromatic rings. The van der Waals surface area contributed by atoms with Gasteiger partial charge in [0.15, 0.2) is 0 Å². The lowest BCUT2D eigenvalue weighted by molar-refractivity contribution is 0.262. The third-order valence-corrected chi connectivity index (χ3v) is 5.84. The number of halogens is 1. The highest BCUT2D eigenvalue weighted by molar-refractivity contribution is 6.30. The maximum Gasteiger partial charge on any atom is 0.0726 e. The molecule has 1 aromatic heterocycles. The van der Waals surface area contributed by atoms with E-state index in [9.17, 15) is 0 Å². The van der Waals surface area contributed by atoms with Gasteiger partial charge in [-0.1, -0.05) is 42.8 Å². The molecule has 1 atom stereocenters. The van der Waals surface area contributed by atoms with Crippen molar-refractivity contribution < 1.29 is 5.11 Å². The lowest BCUT2D eigenvalue weighted by Gasteiger charge is -2.15. The number of pyridine rings is 1. The Morgan fingerprint density at radius 1 is 1.10 bits per heavy atom. The molecule has 4 heteroatoms. The highest BCUT2D eigenvalue weighted by Gasteiger charge is 2.19. The second kappa shape index (κ2) is 8.98. The largest absolute Gasteiger partial charge is 0.396 e. The van der Waals surface area contributed by atoms with Crippen LogP contribution in [0.2, 0.25) is 5.02 Å². The van der Waals surface area contributed by atoms with Gasteiger partial charge in [0.1, 0.15) is 0 Å². The van der Waals surface area contributed by atoms with Gasteiger partial charge < -0.3 is 10.4 Å². The number of hydrogen-bond acceptors (Lipinski definition) is 3. The lowest BCUT2D eigenvalue weighted by Crippen LogP contribution is -2.03. The van der Waals surface area contributed by atoms with E-state index < -0.39 is 0 Å². The van der Waals surface area contributed by atoms with Crippen LogP contribution in [-0.2, 0) is 19.3 Å². The highest BCUT2D eigenvalue weighted by Crippen LogP contribution is 2.34. The Kier molecular flexibility index (Phi) is 6.17. The lowest BCUT2D eigenvalue weighted by atomic mass is 9.98. The number of nitrogens with one attached hydrogen (secondary N) is 1. The molecule has 0 amide bonds. The summed E-state index contributed by atoms with van der Waals surface area (Å²) in [6.07, 6.45) is 5.08. The maximum absolute atomic E-state index is 9.10. The molecule has 1 heterocycles. The number of hydrogen-bond donors (Lipinski definition) is 2. The third-order valence-electron chi connectivity index (χ3n) is 5.61. The van der Waals surface area contributed by atoms with Crippen LogP contribution >= 0.6 is 11.6 Å². The van der Waals surface area contributed by atoms with Crippen molar-refractivity contribution in [3.05, 3.63) is 76.4 Å². The number of fused-ring (bicyclic) bond motifs is 1. The Bertz CT molecular complexity index is 985. The van der Waals surface area contributed by atoms with Crippen LogP contribution in [0.1, 0.15) is 36.6 Å². The minimum absolute atomic E-state index is 0.253. The molecule has 0 bridgehead atoms. The van der Waals surface area contributed by atoms with Crippen molar-refractivity contribution >= 4 is 23.0 Å². The summed E-state index contributed by atoms with van der Waals surface area (Å²) < 4.78 is 0. The van der Waals surface area contributed by atoms with Gasteiger partial charge in [0, 0.05) is 34.3 Å². The van der Waals surface area contributed by atoms with E-state index in [-0.39, 0.29) is 6.61 Å². The van der Waals surface area contributed by atoms with E-state index in [0.29, 0.717) is 5.92 Å². The zero-order valence-electron chi connectivity index (χ0n) is 16.8. The van der Waals surface area contributed by atoms with Gasteiger partial charge in [0.25, 0.3) is 0 Å². The van der Waals surface area contributed by atoms with Gasteiger partial charge in [0.05, 0.1) is 5.69 Å². The quantitative estimate of drug-likeness (QED) is 0.491. The second-order valence-corrected chi connectivity index (χ2v) is 8.42. The standard InChI is InChI=1S/C25H27ClN2O/c1-17(12-13-29)14-18-8-10-21(11-9-18)27-25-16-24(19-4-2-5-20(26)15-19)28-23-7-3-6-22(23)25/h2,4-5,8-11,15-17,29H,3,6-7,12-14H2,1H3,(H,27,28). The minimum atomic E-state index is 0.253. The first-order valence-corrected chi connectivity index (χ1v) is 10.8. The average molecular weight is 407 g/mol. The zero-order valence-corrected chi connectivity index (χ0v) is 17.5. The van der Waals surface area contributed by atoms with Gasteiger partial charge in [-0.2, -0.15) is 0 Å². The first kappa shape index (κ1) is 19.9. The van der Waals surface area contributed by atoms with Gasteiger partial charge >= 0.3 is 0 Å². The molecule has 0 saturated heterocycles. The normalized spacial score (nSPS) is 13.9. The zero-order chi connectivity index (χ0) is 20.2. The van der Waals surface area contributed by atoms with Crippen molar-refractivity contribution in [1.29, 1.82) is 0 Å². The Labute approximate surface area is 177 Å². The van der Waals surface area contributed by atoms with Crippen molar-refractivity contribution in [2.45, 2.75) is 39.0 Å². The highest BCUT2D eigenvalue weighted by atomic mass is 35.5. The van der Waals surface area contributed by atoms with Crippen molar-refractivity contribution in [2.75, 3.05) is 11.9 Å². The molecule has 0 spiro atoms. The SMILES string of the molecule is CC(CCO)Cc1ccc(Nc2cc(-c3cccc(Cl)c3)nc3c2CCC3)cc1. The van der Waals surface area contributed by atoms with Crippen LogP contribution in [0.3, 0.4) is 0 Å². The Balaban J connectivity index is 1.58.